The molecule has 2 amide bonds. The van der Waals surface area contributed by atoms with Crippen LogP contribution in [0.5, 0.6) is 0 Å². The molecule has 1 aliphatic heterocycles. The number of carboxylic acids is 1. The average molecular weight is 479 g/mol. The summed E-state index contributed by atoms with van der Waals surface area (Å²) < 4.78 is 5.61. The van der Waals surface area contributed by atoms with E-state index in [0.29, 0.717) is 32.2 Å². The molecule has 1 heterocycles. The minimum atomic E-state index is -0.912. The van der Waals surface area contributed by atoms with Gasteiger partial charge in [0.2, 0.25) is 5.91 Å². The van der Waals surface area contributed by atoms with E-state index in [0.717, 1.165) is 28.7 Å². The Morgan fingerprint density at radius 1 is 1.09 bits per heavy atom. The van der Waals surface area contributed by atoms with E-state index in [1.54, 1.807) is 4.90 Å². The lowest BCUT2D eigenvalue weighted by molar-refractivity contribution is -0.156. The molecule has 2 aromatic rings. The molecule has 186 valence electrons. The van der Waals surface area contributed by atoms with Crippen molar-refractivity contribution in [2.75, 3.05) is 19.7 Å². The second-order valence-corrected chi connectivity index (χ2v) is 9.63. The minimum Gasteiger partial charge on any atom is -0.481 e. The summed E-state index contributed by atoms with van der Waals surface area (Å²) >= 11 is 0. The van der Waals surface area contributed by atoms with Crippen LogP contribution in [0.3, 0.4) is 0 Å². The predicted molar refractivity (Wildman–Crippen MR) is 133 cm³/mol. The molecule has 1 fully saturated rings. The van der Waals surface area contributed by atoms with E-state index < -0.39 is 23.5 Å². The number of carboxylic acid groups (broad SMARTS) is 1. The van der Waals surface area contributed by atoms with Gasteiger partial charge in [0.15, 0.2) is 0 Å². The van der Waals surface area contributed by atoms with Crippen LogP contribution in [-0.4, -0.2) is 53.7 Å². The molecule has 0 aromatic heterocycles. The van der Waals surface area contributed by atoms with Crippen LogP contribution in [0.1, 0.15) is 63.0 Å². The molecule has 1 aliphatic carbocycles. The molecular weight excluding hydrogens is 444 g/mol. The van der Waals surface area contributed by atoms with Crippen molar-refractivity contribution in [1.82, 2.24) is 10.2 Å². The van der Waals surface area contributed by atoms with Gasteiger partial charge in [-0.3, -0.25) is 9.59 Å². The largest absolute Gasteiger partial charge is 0.481 e. The van der Waals surface area contributed by atoms with Gasteiger partial charge in [0.1, 0.15) is 12.6 Å². The normalized spacial score (nSPS) is 20.0. The molecule has 0 bridgehead atoms. The predicted octanol–water partition coefficient (Wildman–Crippen LogP) is 4.80. The summed E-state index contributed by atoms with van der Waals surface area (Å²) in [7, 11) is 0. The zero-order chi connectivity index (χ0) is 25.0. The molecule has 1 unspecified atom stereocenters. The highest BCUT2D eigenvalue weighted by molar-refractivity contribution is 5.87. The van der Waals surface area contributed by atoms with Gasteiger partial charge in [-0.05, 0) is 47.9 Å². The number of amides is 2. The molecule has 4 rings (SSSR count). The van der Waals surface area contributed by atoms with Gasteiger partial charge in [-0.25, -0.2) is 4.79 Å². The number of aliphatic carboxylic acids is 1. The summed E-state index contributed by atoms with van der Waals surface area (Å²) in [6.45, 7) is 4.64. The fraction of sp³-hybridized carbons (Fsp3) is 0.464. The third-order valence-corrected chi connectivity index (χ3v) is 7.41. The second-order valence-electron chi connectivity index (χ2n) is 9.63. The van der Waals surface area contributed by atoms with Gasteiger partial charge >= 0.3 is 12.1 Å². The summed E-state index contributed by atoms with van der Waals surface area (Å²) in [4.78, 5) is 39.6. The fourth-order valence-corrected chi connectivity index (χ4v) is 5.63. The van der Waals surface area contributed by atoms with Gasteiger partial charge < -0.3 is 20.1 Å². The van der Waals surface area contributed by atoms with Gasteiger partial charge in [-0.15, -0.1) is 0 Å². The summed E-state index contributed by atoms with van der Waals surface area (Å²) in [5.74, 6) is -1.16. The van der Waals surface area contributed by atoms with Gasteiger partial charge in [-0.2, -0.15) is 0 Å². The Morgan fingerprint density at radius 3 is 2.29 bits per heavy atom. The molecule has 2 atom stereocenters. The minimum absolute atomic E-state index is 0.0590. The third kappa shape index (κ3) is 4.90. The number of piperidine rings is 1. The fourth-order valence-electron chi connectivity index (χ4n) is 5.63. The maximum absolute atomic E-state index is 13.2. The number of carbonyl (C=O) groups excluding carboxylic acids is 2. The number of likely N-dealkylation sites (tertiary alicyclic amines) is 1. The highest BCUT2D eigenvalue weighted by Gasteiger charge is 2.43. The zero-order valence-electron chi connectivity index (χ0n) is 20.5. The summed E-state index contributed by atoms with van der Waals surface area (Å²) in [6.07, 6.45) is 2.23. The quantitative estimate of drug-likeness (QED) is 0.568. The van der Waals surface area contributed by atoms with E-state index in [1.807, 2.05) is 38.1 Å². The van der Waals surface area contributed by atoms with E-state index >= 15 is 0 Å². The van der Waals surface area contributed by atoms with Crippen LogP contribution in [-0.2, 0) is 14.3 Å². The van der Waals surface area contributed by atoms with Crippen molar-refractivity contribution >= 4 is 18.0 Å². The number of hydrogen-bond donors (Lipinski definition) is 2. The van der Waals surface area contributed by atoms with Gasteiger partial charge in [0.25, 0.3) is 0 Å². The number of benzene rings is 2. The van der Waals surface area contributed by atoms with E-state index in [9.17, 15) is 19.5 Å². The molecule has 1 saturated heterocycles. The number of alkyl carbamates (subject to hydrolysis) is 1. The number of ether oxygens (including phenoxy) is 1. The van der Waals surface area contributed by atoms with Crippen LogP contribution >= 0.6 is 0 Å². The Morgan fingerprint density at radius 2 is 1.71 bits per heavy atom. The van der Waals surface area contributed by atoms with Crippen molar-refractivity contribution in [2.24, 2.45) is 5.41 Å². The molecule has 2 aromatic carbocycles. The topological polar surface area (TPSA) is 95.9 Å². The van der Waals surface area contributed by atoms with Crippen molar-refractivity contribution in [3.05, 3.63) is 59.7 Å². The molecule has 0 spiro atoms. The van der Waals surface area contributed by atoms with Crippen LogP contribution in [0, 0.1) is 5.41 Å². The number of nitrogens with zero attached hydrogens (tertiary/aromatic N) is 1. The SMILES string of the molecule is CCCC1(C(=O)O)CCCN(C(=O)[C@@H](CC)NC(=O)OCC2c3ccccc3-c3ccccc32)C1. The van der Waals surface area contributed by atoms with Crippen molar-refractivity contribution in [3.8, 4) is 11.1 Å². The lowest BCUT2D eigenvalue weighted by Crippen LogP contribution is -2.55. The molecule has 2 aliphatic rings. The average Bonchev–Trinajstić information content (AvgIpc) is 3.19. The Labute approximate surface area is 206 Å². The van der Waals surface area contributed by atoms with Crippen LogP contribution < -0.4 is 5.32 Å². The van der Waals surface area contributed by atoms with Crippen molar-refractivity contribution < 1.29 is 24.2 Å². The summed E-state index contributed by atoms with van der Waals surface area (Å²) in [5, 5.41) is 12.6. The van der Waals surface area contributed by atoms with Crippen molar-refractivity contribution in [3.63, 3.8) is 0 Å². The number of hydrogen-bond acceptors (Lipinski definition) is 4. The summed E-state index contributed by atoms with van der Waals surface area (Å²) in [6, 6.07) is 15.5. The molecule has 0 radical (unpaired) electrons. The third-order valence-electron chi connectivity index (χ3n) is 7.41. The monoisotopic (exact) mass is 478 g/mol. The van der Waals surface area contributed by atoms with Gasteiger partial charge in [0.05, 0.1) is 5.41 Å². The molecule has 0 saturated carbocycles. The maximum Gasteiger partial charge on any atom is 0.407 e. The first-order valence-corrected chi connectivity index (χ1v) is 12.5. The Hall–Kier alpha value is -3.35. The van der Waals surface area contributed by atoms with E-state index in [1.165, 1.54) is 0 Å². The zero-order valence-corrected chi connectivity index (χ0v) is 20.5. The van der Waals surface area contributed by atoms with Crippen LogP contribution in [0.2, 0.25) is 0 Å². The Kier molecular flexibility index (Phi) is 7.43. The molecular formula is C28H34N2O5. The summed E-state index contributed by atoms with van der Waals surface area (Å²) in [5.41, 5.74) is 3.64. The molecule has 2 N–H and O–H groups in total. The Bertz CT molecular complexity index is 1050. The first kappa shape index (κ1) is 24.8. The van der Waals surface area contributed by atoms with Gasteiger partial charge in [-0.1, -0.05) is 68.8 Å². The number of rotatable bonds is 8. The molecule has 7 nitrogen and oxygen atoms in total. The van der Waals surface area contributed by atoms with Gasteiger partial charge in [0, 0.05) is 19.0 Å². The van der Waals surface area contributed by atoms with Crippen LogP contribution in [0.15, 0.2) is 48.5 Å². The molecule has 7 heteroatoms. The van der Waals surface area contributed by atoms with Crippen LogP contribution in [0.4, 0.5) is 4.79 Å². The first-order chi connectivity index (χ1) is 16.9. The number of carbonyl (C=O) groups is 3. The number of nitrogens with one attached hydrogen (secondary N) is 1. The van der Waals surface area contributed by atoms with E-state index in [4.69, 9.17) is 4.74 Å². The Balaban J connectivity index is 1.39. The standard InChI is InChI=1S/C28H34N2O5/c1-3-14-28(26(32)33)15-9-16-30(18-28)25(31)24(4-2)29-27(34)35-17-23-21-12-7-5-10-19(21)20-11-6-8-13-22(20)23/h5-8,10-13,23-24H,3-4,9,14-18H2,1-2H3,(H,29,34)(H,32,33)/t24-,28?/m1/s1. The lowest BCUT2D eigenvalue weighted by atomic mass is 9.76. The van der Waals surface area contributed by atoms with Crippen molar-refractivity contribution in [1.29, 1.82) is 0 Å². The first-order valence-electron chi connectivity index (χ1n) is 12.5. The highest BCUT2D eigenvalue weighted by Crippen LogP contribution is 2.44. The number of fused-ring (bicyclic) bond motifs is 3. The molecule has 35 heavy (non-hydrogen) atoms. The van der Waals surface area contributed by atoms with Crippen LogP contribution in [0.25, 0.3) is 11.1 Å². The van der Waals surface area contributed by atoms with E-state index in [2.05, 4.69) is 29.6 Å². The highest BCUT2D eigenvalue weighted by atomic mass is 16.5. The van der Waals surface area contributed by atoms with E-state index in [-0.39, 0.29) is 25.0 Å². The lowest BCUT2D eigenvalue weighted by Gasteiger charge is -2.41. The maximum atomic E-state index is 13.2. The van der Waals surface area contributed by atoms with Crippen molar-refractivity contribution in [2.45, 2.75) is 57.9 Å². The smallest absolute Gasteiger partial charge is 0.407 e. The second kappa shape index (κ2) is 10.5.